The number of phenols is 2. The van der Waals surface area contributed by atoms with Gasteiger partial charge in [0.2, 0.25) is 0 Å². The van der Waals surface area contributed by atoms with Crippen molar-refractivity contribution in [3.63, 3.8) is 0 Å². The highest BCUT2D eigenvalue weighted by Gasteiger charge is 2.17. The van der Waals surface area contributed by atoms with Gasteiger partial charge in [-0.05, 0) is 18.4 Å². The fraction of sp³-hybridized carbons (Fsp3) is 0.364. The van der Waals surface area contributed by atoms with Gasteiger partial charge in [-0.1, -0.05) is 6.07 Å². The van der Waals surface area contributed by atoms with Crippen LogP contribution in [0.15, 0.2) is 18.2 Å². The number of phenolic OH excluding ortho intramolecular Hbond substituents is 2. The number of benzene rings is 1. The molecule has 0 bridgehead atoms. The fourth-order valence-corrected chi connectivity index (χ4v) is 1.70. The van der Waals surface area contributed by atoms with Crippen LogP contribution < -0.4 is 0 Å². The zero-order valence-electron chi connectivity index (χ0n) is 9.30. The van der Waals surface area contributed by atoms with Gasteiger partial charge in [0.15, 0.2) is 11.5 Å². The van der Waals surface area contributed by atoms with Crippen molar-refractivity contribution in [1.82, 2.24) is 4.90 Å². The highest BCUT2D eigenvalue weighted by Crippen LogP contribution is 2.28. The van der Waals surface area contributed by atoms with Crippen LogP contribution >= 0.6 is 11.8 Å². The lowest BCUT2D eigenvalue weighted by atomic mass is 10.1. The molecule has 0 radical (unpaired) electrons. The van der Waals surface area contributed by atoms with E-state index in [-0.39, 0.29) is 23.0 Å². The minimum absolute atomic E-state index is 0.128. The van der Waals surface area contributed by atoms with Crippen molar-refractivity contribution >= 4 is 17.7 Å². The third-order valence-electron chi connectivity index (χ3n) is 2.22. The number of rotatable bonds is 4. The molecular weight excluding hydrogens is 226 g/mol. The molecule has 0 aliphatic carbocycles. The molecule has 0 saturated heterocycles. The molecule has 0 unspecified atom stereocenters. The van der Waals surface area contributed by atoms with Crippen LogP contribution in [0.1, 0.15) is 10.4 Å². The molecule has 1 aromatic rings. The molecular formula is C11H15NO3S. The first kappa shape index (κ1) is 12.7. The standard InChI is InChI=1S/C11H15NO3S/c1-12(6-7-16-2)11(15)8-4-3-5-9(13)10(8)14/h3-5,13-14H,6-7H2,1-2H3. The van der Waals surface area contributed by atoms with Gasteiger partial charge in [-0.25, -0.2) is 0 Å². The molecule has 0 heterocycles. The van der Waals surface area contributed by atoms with Gasteiger partial charge in [0.05, 0.1) is 5.56 Å². The van der Waals surface area contributed by atoms with Crippen LogP contribution in [-0.2, 0) is 0 Å². The molecule has 0 aromatic heterocycles. The van der Waals surface area contributed by atoms with Gasteiger partial charge >= 0.3 is 0 Å². The van der Waals surface area contributed by atoms with Crippen molar-refractivity contribution in [3.8, 4) is 11.5 Å². The number of para-hydroxylation sites is 1. The molecule has 0 saturated carbocycles. The van der Waals surface area contributed by atoms with Gasteiger partial charge < -0.3 is 15.1 Å². The molecule has 16 heavy (non-hydrogen) atoms. The number of thioether (sulfide) groups is 1. The maximum absolute atomic E-state index is 11.9. The summed E-state index contributed by atoms with van der Waals surface area (Å²) in [5.41, 5.74) is 0.128. The topological polar surface area (TPSA) is 60.8 Å². The van der Waals surface area contributed by atoms with Crippen LogP contribution in [0.25, 0.3) is 0 Å². The first-order valence-corrected chi connectivity index (χ1v) is 6.22. The summed E-state index contributed by atoms with van der Waals surface area (Å²) in [6.07, 6.45) is 1.96. The third kappa shape index (κ3) is 2.82. The van der Waals surface area contributed by atoms with Crippen molar-refractivity contribution in [3.05, 3.63) is 23.8 Å². The summed E-state index contributed by atoms with van der Waals surface area (Å²) in [6.45, 7) is 0.606. The van der Waals surface area contributed by atoms with Gasteiger partial charge in [-0.15, -0.1) is 0 Å². The molecule has 4 nitrogen and oxygen atoms in total. The van der Waals surface area contributed by atoms with Crippen molar-refractivity contribution in [2.24, 2.45) is 0 Å². The summed E-state index contributed by atoms with van der Waals surface area (Å²) in [5.74, 6) is -0.0861. The molecule has 88 valence electrons. The van der Waals surface area contributed by atoms with Crippen molar-refractivity contribution in [2.75, 3.05) is 25.6 Å². The van der Waals surface area contributed by atoms with E-state index in [0.717, 1.165) is 5.75 Å². The SMILES string of the molecule is CSCCN(C)C(=O)c1cccc(O)c1O. The maximum Gasteiger partial charge on any atom is 0.257 e. The molecule has 0 aliphatic heterocycles. The predicted octanol–water partition coefficient (Wildman–Crippen LogP) is 1.53. The van der Waals surface area contributed by atoms with Crippen molar-refractivity contribution < 1.29 is 15.0 Å². The van der Waals surface area contributed by atoms with Gasteiger partial charge in [-0.3, -0.25) is 4.79 Å². The van der Waals surface area contributed by atoms with Gasteiger partial charge in [-0.2, -0.15) is 11.8 Å². The van der Waals surface area contributed by atoms with E-state index in [9.17, 15) is 15.0 Å². The third-order valence-corrected chi connectivity index (χ3v) is 2.81. The predicted molar refractivity (Wildman–Crippen MR) is 65.1 cm³/mol. The van der Waals surface area contributed by atoms with Crippen LogP contribution in [0, 0.1) is 0 Å². The second-order valence-corrected chi connectivity index (χ2v) is 4.38. The van der Waals surface area contributed by atoms with Crippen LogP contribution in [-0.4, -0.2) is 46.6 Å². The second-order valence-electron chi connectivity index (χ2n) is 3.39. The van der Waals surface area contributed by atoms with Crippen LogP contribution in [0.3, 0.4) is 0 Å². The zero-order valence-corrected chi connectivity index (χ0v) is 10.1. The summed E-state index contributed by atoms with van der Waals surface area (Å²) in [7, 11) is 1.67. The summed E-state index contributed by atoms with van der Waals surface area (Å²) in [6, 6.07) is 4.37. The average Bonchev–Trinajstić information content (AvgIpc) is 2.28. The minimum Gasteiger partial charge on any atom is -0.504 e. The fourth-order valence-electron chi connectivity index (χ4n) is 1.24. The molecule has 0 aliphatic rings. The monoisotopic (exact) mass is 241 g/mol. The highest BCUT2D eigenvalue weighted by atomic mass is 32.2. The molecule has 1 rings (SSSR count). The average molecular weight is 241 g/mol. The van der Waals surface area contributed by atoms with Crippen LogP contribution in [0.5, 0.6) is 11.5 Å². The van der Waals surface area contributed by atoms with E-state index < -0.39 is 0 Å². The van der Waals surface area contributed by atoms with E-state index in [1.54, 1.807) is 18.8 Å². The molecule has 0 atom stereocenters. The smallest absolute Gasteiger partial charge is 0.257 e. The largest absolute Gasteiger partial charge is 0.504 e. The number of nitrogens with zero attached hydrogens (tertiary/aromatic N) is 1. The maximum atomic E-state index is 11.9. The first-order valence-electron chi connectivity index (χ1n) is 4.83. The highest BCUT2D eigenvalue weighted by molar-refractivity contribution is 7.98. The summed E-state index contributed by atoms with van der Waals surface area (Å²) in [5, 5.41) is 18.8. The number of carbonyl (C=O) groups excluding carboxylic acids is 1. The number of carbonyl (C=O) groups is 1. The normalized spacial score (nSPS) is 10.1. The van der Waals surface area contributed by atoms with Gasteiger partial charge in [0.25, 0.3) is 5.91 Å². The van der Waals surface area contributed by atoms with Crippen molar-refractivity contribution in [2.45, 2.75) is 0 Å². The Balaban J connectivity index is 2.84. The number of aromatic hydroxyl groups is 2. The summed E-state index contributed by atoms with van der Waals surface area (Å²) >= 11 is 1.64. The summed E-state index contributed by atoms with van der Waals surface area (Å²) in [4.78, 5) is 13.4. The van der Waals surface area contributed by atoms with E-state index in [1.165, 1.54) is 23.1 Å². The summed E-state index contributed by atoms with van der Waals surface area (Å²) < 4.78 is 0. The molecule has 0 fully saturated rings. The van der Waals surface area contributed by atoms with Gasteiger partial charge in [0, 0.05) is 19.3 Å². The lowest BCUT2D eigenvalue weighted by Gasteiger charge is -2.17. The molecule has 5 heteroatoms. The molecule has 1 aromatic carbocycles. The Kier molecular flexibility index (Phi) is 4.49. The molecule has 1 amide bonds. The van der Waals surface area contributed by atoms with Crippen molar-refractivity contribution in [1.29, 1.82) is 0 Å². The number of amides is 1. The minimum atomic E-state index is -0.358. The van der Waals surface area contributed by atoms with E-state index in [0.29, 0.717) is 6.54 Å². The second kappa shape index (κ2) is 5.65. The van der Waals surface area contributed by atoms with E-state index in [1.807, 2.05) is 6.26 Å². The Morgan fingerprint density at radius 2 is 2.12 bits per heavy atom. The lowest BCUT2D eigenvalue weighted by molar-refractivity contribution is 0.0800. The first-order chi connectivity index (χ1) is 7.57. The lowest BCUT2D eigenvalue weighted by Crippen LogP contribution is -2.28. The van der Waals surface area contributed by atoms with Gasteiger partial charge in [0.1, 0.15) is 0 Å². The van der Waals surface area contributed by atoms with Crippen LogP contribution in [0.4, 0.5) is 0 Å². The Bertz CT molecular complexity index is 381. The Labute approximate surface area is 98.9 Å². The Hall–Kier alpha value is -1.36. The van der Waals surface area contributed by atoms with E-state index in [2.05, 4.69) is 0 Å². The Morgan fingerprint density at radius 3 is 2.75 bits per heavy atom. The molecule has 0 spiro atoms. The quantitative estimate of drug-likeness (QED) is 0.785. The van der Waals surface area contributed by atoms with Crippen LogP contribution in [0.2, 0.25) is 0 Å². The van der Waals surface area contributed by atoms with E-state index in [4.69, 9.17) is 0 Å². The number of hydrogen-bond donors (Lipinski definition) is 2. The number of hydrogen-bond acceptors (Lipinski definition) is 4. The zero-order chi connectivity index (χ0) is 12.1. The Morgan fingerprint density at radius 1 is 1.44 bits per heavy atom. The molecule has 2 N–H and O–H groups in total. The van der Waals surface area contributed by atoms with E-state index >= 15 is 0 Å².